The number of hydrogen-bond donors (Lipinski definition) is 2. The lowest BCUT2D eigenvalue weighted by molar-refractivity contribution is 0.0992. The molecule has 2 rings (SSSR count). The smallest absolute Gasteiger partial charge is 0.137 e. The van der Waals surface area contributed by atoms with Crippen LogP contribution >= 0.6 is 0 Å². The largest absolute Gasteiger partial charge is 0.394 e. The number of benzene rings is 1. The summed E-state index contributed by atoms with van der Waals surface area (Å²) in [7, 11) is 0. The van der Waals surface area contributed by atoms with Gasteiger partial charge in [-0.1, -0.05) is 26.0 Å². The zero-order valence-corrected chi connectivity index (χ0v) is 12.0. The predicted molar refractivity (Wildman–Crippen MR) is 80.0 cm³/mol. The van der Waals surface area contributed by atoms with E-state index in [9.17, 15) is 0 Å². The Kier molecular flexibility index (Phi) is 5.26. The van der Waals surface area contributed by atoms with E-state index >= 15 is 0 Å². The zero-order valence-electron chi connectivity index (χ0n) is 12.0. The second-order valence-corrected chi connectivity index (χ2v) is 4.87. The molecule has 5 heteroatoms. The summed E-state index contributed by atoms with van der Waals surface area (Å²) < 4.78 is 5.24. The Morgan fingerprint density at radius 3 is 2.75 bits per heavy atom. The minimum atomic E-state index is 0.0495. The van der Waals surface area contributed by atoms with Crippen molar-refractivity contribution < 1.29 is 9.84 Å². The molecule has 0 aliphatic carbocycles. The molecule has 0 aliphatic rings. The summed E-state index contributed by atoms with van der Waals surface area (Å²) in [4.78, 5) is 9.17. The van der Waals surface area contributed by atoms with E-state index in [1.165, 1.54) is 0 Å². The van der Waals surface area contributed by atoms with Crippen LogP contribution in [-0.4, -0.2) is 41.4 Å². The first-order valence-corrected chi connectivity index (χ1v) is 6.91. The lowest BCUT2D eigenvalue weighted by Gasteiger charge is -2.12. The van der Waals surface area contributed by atoms with Crippen molar-refractivity contribution in [3.63, 3.8) is 0 Å². The van der Waals surface area contributed by atoms with E-state index in [1.54, 1.807) is 0 Å². The molecule has 5 nitrogen and oxygen atoms in total. The summed E-state index contributed by atoms with van der Waals surface area (Å²) in [6.07, 6.45) is 0. The molecule has 0 atom stereocenters. The number of nitrogens with one attached hydrogen (secondary N) is 1. The SMILES string of the molecule is CC(C)c1nc(NCCOCCO)c2ccccc2n1. The molecule has 2 N–H and O–H groups in total. The van der Waals surface area contributed by atoms with Crippen molar-refractivity contribution in [2.45, 2.75) is 19.8 Å². The molecule has 0 fully saturated rings. The molecule has 0 aliphatic heterocycles. The van der Waals surface area contributed by atoms with E-state index in [0.717, 1.165) is 22.5 Å². The van der Waals surface area contributed by atoms with Gasteiger partial charge in [0, 0.05) is 17.8 Å². The van der Waals surface area contributed by atoms with Gasteiger partial charge >= 0.3 is 0 Å². The van der Waals surface area contributed by atoms with Crippen LogP contribution in [0.2, 0.25) is 0 Å². The number of rotatable bonds is 7. The van der Waals surface area contributed by atoms with Crippen molar-refractivity contribution in [3.05, 3.63) is 30.1 Å². The highest BCUT2D eigenvalue weighted by Crippen LogP contribution is 2.22. The van der Waals surface area contributed by atoms with E-state index < -0.39 is 0 Å². The summed E-state index contributed by atoms with van der Waals surface area (Å²) in [5, 5.41) is 13.0. The van der Waals surface area contributed by atoms with Gasteiger partial charge in [0.15, 0.2) is 0 Å². The average Bonchev–Trinajstić information content (AvgIpc) is 2.46. The number of aromatic nitrogens is 2. The second-order valence-electron chi connectivity index (χ2n) is 4.87. The lowest BCUT2D eigenvalue weighted by Crippen LogP contribution is -2.13. The Balaban J connectivity index is 2.17. The summed E-state index contributed by atoms with van der Waals surface area (Å²) in [5.41, 5.74) is 0.949. The van der Waals surface area contributed by atoms with Gasteiger partial charge in [-0.25, -0.2) is 9.97 Å². The molecular weight excluding hydrogens is 254 g/mol. The van der Waals surface area contributed by atoms with E-state index in [0.29, 0.717) is 19.8 Å². The molecule has 1 aromatic carbocycles. The molecule has 2 aromatic rings. The number of nitrogens with zero attached hydrogens (tertiary/aromatic N) is 2. The fraction of sp³-hybridized carbons (Fsp3) is 0.467. The molecule has 0 spiro atoms. The van der Waals surface area contributed by atoms with Crippen LogP contribution in [-0.2, 0) is 4.74 Å². The van der Waals surface area contributed by atoms with E-state index in [2.05, 4.69) is 29.1 Å². The first-order valence-electron chi connectivity index (χ1n) is 6.91. The van der Waals surface area contributed by atoms with Gasteiger partial charge in [0.2, 0.25) is 0 Å². The molecule has 0 radical (unpaired) electrons. The maximum Gasteiger partial charge on any atom is 0.137 e. The minimum Gasteiger partial charge on any atom is -0.394 e. The number of hydrogen-bond acceptors (Lipinski definition) is 5. The Morgan fingerprint density at radius 1 is 1.20 bits per heavy atom. The van der Waals surface area contributed by atoms with Crippen LogP contribution in [0.25, 0.3) is 10.9 Å². The lowest BCUT2D eigenvalue weighted by atomic mass is 10.1. The fourth-order valence-corrected chi connectivity index (χ4v) is 1.90. The highest BCUT2D eigenvalue weighted by Gasteiger charge is 2.09. The molecule has 20 heavy (non-hydrogen) atoms. The molecule has 1 heterocycles. The molecule has 108 valence electrons. The van der Waals surface area contributed by atoms with E-state index in [4.69, 9.17) is 9.84 Å². The van der Waals surface area contributed by atoms with Crippen molar-refractivity contribution in [2.75, 3.05) is 31.7 Å². The van der Waals surface area contributed by atoms with Crippen molar-refractivity contribution in [3.8, 4) is 0 Å². The third kappa shape index (κ3) is 3.65. The average molecular weight is 275 g/mol. The first-order chi connectivity index (χ1) is 9.72. The Bertz CT molecular complexity index is 558. The van der Waals surface area contributed by atoms with Crippen LogP contribution in [0.15, 0.2) is 24.3 Å². The predicted octanol–water partition coefficient (Wildman–Crippen LogP) is 2.17. The number of aliphatic hydroxyl groups is 1. The first kappa shape index (κ1) is 14.7. The van der Waals surface area contributed by atoms with Gasteiger partial charge in [-0.05, 0) is 12.1 Å². The van der Waals surface area contributed by atoms with Gasteiger partial charge < -0.3 is 15.2 Å². The van der Waals surface area contributed by atoms with Gasteiger partial charge in [0.25, 0.3) is 0 Å². The standard InChI is InChI=1S/C15H21N3O2/c1-11(2)14-17-13-6-4-3-5-12(13)15(18-14)16-7-9-20-10-8-19/h3-6,11,19H,7-10H2,1-2H3,(H,16,17,18). The molecule has 0 saturated heterocycles. The molecule has 0 bridgehead atoms. The Labute approximate surface area is 119 Å². The van der Waals surface area contributed by atoms with Crippen molar-refractivity contribution in [1.29, 1.82) is 0 Å². The number of fused-ring (bicyclic) bond motifs is 1. The van der Waals surface area contributed by atoms with Crippen LogP contribution in [0, 0.1) is 0 Å². The zero-order chi connectivity index (χ0) is 14.4. The topological polar surface area (TPSA) is 67.3 Å². The second kappa shape index (κ2) is 7.17. The van der Waals surface area contributed by atoms with Gasteiger partial charge in [0.1, 0.15) is 11.6 Å². The molecule has 0 saturated carbocycles. The van der Waals surface area contributed by atoms with Gasteiger partial charge in [-0.15, -0.1) is 0 Å². The van der Waals surface area contributed by atoms with E-state index in [-0.39, 0.29) is 12.5 Å². The quantitative estimate of drug-likeness (QED) is 0.758. The number of ether oxygens (including phenoxy) is 1. The van der Waals surface area contributed by atoms with Crippen molar-refractivity contribution in [2.24, 2.45) is 0 Å². The van der Waals surface area contributed by atoms with Crippen LogP contribution in [0.4, 0.5) is 5.82 Å². The highest BCUT2D eigenvalue weighted by atomic mass is 16.5. The molecule has 1 aromatic heterocycles. The summed E-state index contributed by atoms with van der Waals surface area (Å²) in [6.45, 7) is 5.77. The van der Waals surface area contributed by atoms with E-state index in [1.807, 2.05) is 24.3 Å². The Morgan fingerprint density at radius 2 is 2.00 bits per heavy atom. The van der Waals surface area contributed by atoms with Gasteiger partial charge in [0.05, 0.1) is 25.3 Å². The maximum atomic E-state index is 8.66. The molecule has 0 amide bonds. The number of aliphatic hydroxyl groups excluding tert-OH is 1. The van der Waals surface area contributed by atoms with Crippen LogP contribution in [0.3, 0.4) is 0 Å². The third-order valence-electron chi connectivity index (χ3n) is 2.91. The number of anilines is 1. The third-order valence-corrected chi connectivity index (χ3v) is 2.91. The molecule has 0 unspecified atom stereocenters. The Hall–Kier alpha value is -1.72. The fourth-order valence-electron chi connectivity index (χ4n) is 1.90. The van der Waals surface area contributed by atoms with Crippen molar-refractivity contribution >= 4 is 16.7 Å². The summed E-state index contributed by atoms with van der Waals surface area (Å²) in [5.74, 6) is 1.96. The molecular formula is C15H21N3O2. The minimum absolute atomic E-state index is 0.0495. The number of para-hydroxylation sites is 1. The summed E-state index contributed by atoms with van der Waals surface area (Å²) >= 11 is 0. The highest BCUT2D eigenvalue weighted by molar-refractivity contribution is 5.89. The van der Waals surface area contributed by atoms with Crippen molar-refractivity contribution in [1.82, 2.24) is 9.97 Å². The summed E-state index contributed by atoms with van der Waals surface area (Å²) in [6, 6.07) is 7.97. The van der Waals surface area contributed by atoms with Gasteiger partial charge in [-0.2, -0.15) is 0 Å². The monoisotopic (exact) mass is 275 g/mol. The normalized spacial score (nSPS) is 11.2. The van der Waals surface area contributed by atoms with Crippen LogP contribution in [0.5, 0.6) is 0 Å². The van der Waals surface area contributed by atoms with Crippen LogP contribution < -0.4 is 5.32 Å². The maximum absolute atomic E-state index is 8.66. The van der Waals surface area contributed by atoms with Crippen LogP contribution in [0.1, 0.15) is 25.6 Å². The van der Waals surface area contributed by atoms with Gasteiger partial charge in [-0.3, -0.25) is 0 Å².